The third-order valence-corrected chi connectivity index (χ3v) is 3.32. The standard InChI is InChI=1S/C15H22OS2/c1-18-13-10-14-6-8-15(9-7-14)16-11-4-2-3-5-12-17/h6-10,13,17H,2-5,11-12H2,1H3/b13-10-. The molecule has 0 aliphatic rings. The normalized spacial score (nSPS) is 11.0. The van der Waals surface area contributed by atoms with Crippen molar-refractivity contribution in [2.45, 2.75) is 25.7 Å². The van der Waals surface area contributed by atoms with E-state index in [0.29, 0.717) is 0 Å². The van der Waals surface area contributed by atoms with Gasteiger partial charge in [0.05, 0.1) is 6.61 Å². The summed E-state index contributed by atoms with van der Waals surface area (Å²) >= 11 is 5.91. The highest BCUT2D eigenvalue weighted by Gasteiger charge is 1.94. The molecule has 3 heteroatoms. The van der Waals surface area contributed by atoms with Crippen molar-refractivity contribution < 1.29 is 4.74 Å². The van der Waals surface area contributed by atoms with Crippen LogP contribution in [-0.4, -0.2) is 18.6 Å². The highest BCUT2D eigenvalue weighted by molar-refractivity contribution is 8.01. The van der Waals surface area contributed by atoms with E-state index in [1.54, 1.807) is 11.8 Å². The van der Waals surface area contributed by atoms with Crippen LogP contribution in [0.25, 0.3) is 6.08 Å². The van der Waals surface area contributed by atoms with Crippen LogP contribution in [0.4, 0.5) is 0 Å². The Labute approximate surface area is 120 Å². The Morgan fingerprint density at radius 2 is 1.83 bits per heavy atom. The van der Waals surface area contributed by atoms with Crippen LogP contribution in [0.1, 0.15) is 31.2 Å². The molecule has 0 saturated heterocycles. The number of rotatable bonds is 9. The molecule has 0 saturated carbocycles. The van der Waals surface area contributed by atoms with Crippen molar-refractivity contribution in [3.63, 3.8) is 0 Å². The molecule has 100 valence electrons. The average molecular weight is 282 g/mol. The smallest absolute Gasteiger partial charge is 0.119 e. The van der Waals surface area contributed by atoms with E-state index >= 15 is 0 Å². The largest absolute Gasteiger partial charge is 0.494 e. The van der Waals surface area contributed by atoms with E-state index in [4.69, 9.17) is 4.74 Å². The maximum absolute atomic E-state index is 5.70. The lowest BCUT2D eigenvalue weighted by atomic mass is 10.2. The lowest BCUT2D eigenvalue weighted by Crippen LogP contribution is -1.97. The van der Waals surface area contributed by atoms with Crippen LogP contribution in [0, 0.1) is 0 Å². The molecule has 1 rings (SSSR count). The van der Waals surface area contributed by atoms with Crippen molar-refractivity contribution in [1.82, 2.24) is 0 Å². The van der Waals surface area contributed by atoms with Gasteiger partial charge in [0.25, 0.3) is 0 Å². The predicted octanol–water partition coefficient (Wildman–Crippen LogP) is 4.89. The summed E-state index contributed by atoms with van der Waals surface area (Å²) in [5, 5.41) is 2.08. The minimum atomic E-state index is 0.812. The summed E-state index contributed by atoms with van der Waals surface area (Å²) < 4.78 is 5.70. The quantitative estimate of drug-likeness (QED) is 0.510. The first kappa shape index (κ1) is 15.5. The Morgan fingerprint density at radius 1 is 1.11 bits per heavy atom. The third-order valence-electron chi connectivity index (χ3n) is 2.60. The lowest BCUT2D eigenvalue weighted by molar-refractivity contribution is 0.305. The van der Waals surface area contributed by atoms with Crippen molar-refractivity contribution in [3.05, 3.63) is 35.2 Å². The molecule has 0 bridgehead atoms. The second kappa shape index (κ2) is 10.4. The van der Waals surface area contributed by atoms with Crippen molar-refractivity contribution in [2.75, 3.05) is 18.6 Å². The van der Waals surface area contributed by atoms with Crippen LogP contribution < -0.4 is 4.74 Å². The van der Waals surface area contributed by atoms with E-state index < -0.39 is 0 Å². The molecule has 0 fully saturated rings. The Kier molecular flexibility index (Phi) is 8.96. The number of thioether (sulfide) groups is 1. The maximum atomic E-state index is 5.70. The van der Waals surface area contributed by atoms with Crippen molar-refractivity contribution in [1.29, 1.82) is 0 Å². The molecule has 0 spiro atoms. The number of unbranched alkanes of at least 4 members (excludes halogenated alkanes) is 3. The summed E-state index contributed by atoms with van der Waals surface area (Å²) in [4.78, 5) is 0. The third kappa shape index (κ3) is 7.02. The van der Waals surface area contributed by atoms with E-state index in [2.05, 4.69) is 42.5 Å². The van der Waals surface area contributed by atoms with Crippen LogP contribution in [-0.2, 0) is 0 Å². The van der Waals surface area contributed by atoms with Gasteiger partial charge in [0.15, 0.2) is 0 Å². The molecule has 0 aliphatic heterocycles. The van der Waals surface area contributed by atoms with E-state index in [0.717, 1.165) is 24.5 Å². The van der Waals surface area contributed by atoms with E-state index in [1.807, 2.05) is 12.1 Å². The molecular formula is C15H22OS2. The molecule has 1 aromatic rings. The Balaban J connectivity index is 2.20. The van der Waals surface area contributed by atoms with Crippen molar-refractivity contribution >= 4 is 30.5 Å². The highest BCUT2D eigenvalue weighted by Crippen LogP contribution is 2.14. The van der Waals surface area contributed by atoms with Gasteiger partial charge in [-0.05, 0) is 54.0 Å². The van der Waals surface area contributed by atoms with E-state index in [9.17, 15) is 0 Å². The van der Waals surface area contributed by atoms with Gasteiger partial charge in [0, 0.05) is 0 Å². The van der Waals surface area contributed by atoms with E-state index in [1.165, 1.54) is 24.8 Å². The maximum Gasteiger partial charge on any atom is 0.119 e. The minimum absolute atomic E-state index is 0.812. The number of benzene rings is 1. The Bertz CT molecular complexity index is 333. The molecular weight excluding hydrogens is 260 g/mol. The summed E-state index contributed by atoms with van der Waals surface area (Å²) in [6, 6.07) is 8.24. The zero-order valence-corrected chi connectivity index (χ0v) is 12.7. The zero-order chi connectivity index (χ0) is 13.1. The summed E-state index contributed by atoms with van der Waals surface area (Å²) in [5.74, 6) is 1.96. The molecule has 0 N–H and O–H groups in total. The topological polar surface area (TPSA) is 9.23 Å². The molecule has 1 nitrogen and oxygen atoms in total. The first-order valence-electron chi connectivity index (χ1n) is 6.40. The van der Waals surface area contributed by atoms with Gasteiger partial charge in [-0.15, -0.1) is 11.8 Å². The molecule has 0 aromatic heterocycles. The molecule has 0 unspecified atom stereocenters. The van der Waals surface area contributed by atoms with Gasteiger partial charge in [0.2, 0.25) is 0 Å². The fraction of sp³-hybridized carbons (Fsp3) is 0.467. The molecule has 0 atom stereocenters. The zero-order valence-electron chi connectivity index (χ0n) is 11.0. The number of ether oxygens (including phenoxy) is 1. The second-order valence-corrected chi connectivity index (χ2v) is 5.28. The summed E-state index contributed by atoms with van der Waals surface area (Å²) in [6.45, 7) is 0.812. The Hall–Kier alpha value is -0.540. The first-order valence-corrected chi connectivity index (χ1v) is 8.32. The van der Waals surface area contributed by atoms with Crippen LogP contribution in [0.5, 0.6) is 5.75 Å². The van der Waals surface area contributed by atoms with Crippen LogP contribution in [0.15, 0.2) is 29.7 Å². The monoisotopic (exact) mass is 282 g/mol. The highest BCUT2D eigenvalue weighted by atomic mass is 32.2. The molecule has 0 aliphatic carbocycles. The first-order chi connectivity index (χ1) is 8.86. The lowest BCUT2D eigenvalue weighted by Gasteiger charge is -2.06. The molecule has 0 heterocycles. The van der Waals surface area contributed by atoms with Gasteiger partial charge in [-0.2, -0.15) is 12.6 Å². The van der Waals surface area contributed by atoms with Gasteiger partial charge in [0.1, 0.15) is 5.75 Å². The summed E-state index contributed by atoms with van der Waals surface area (Å²) in [7, 11) is 0. The number of hydrogen-bond donors (Lipinski definition) is 1. The predicted molar refractivity (Wildman–Crippen MR) is 86.8 cm³/mol. The molecule has 18 heavy (non-hydrogen) atoms. The van der Waals surface area contributed by atoms with Crippen LogP contribution in [0.3, 0.4) is 0 Å². The number of thiol groups is 1. The van der Waals surface area contributed by atoms with Gasteiger partial charge in [-0.3, -0.25) is 0 Å². The summed E-state index contributed by atoms with van der Waals surface area (Å²) in [6.07, 6.45) is 8.98. The van der Waals surface area contributed by atoms with Crippen molar-refractivity contribution in [3.8, 4) is 5.75 Å². The average Bonchev–Trinajstić information content (AvgIpc) is 2.42. The molecule has 1 aromatic carbocycles. The second-order valence-electron chi connectivity index (χ2n) is 4.09. The van der Waals surface area contributed by atoms with Crippen molar-refractivity contribution in [2.24, 2.45) is 0 Å². The molecule has 0 amide bonds. The fourth-order valence-corrected chi connectivity index (χ4v) is 2.10. The minimum Gasteiger partial charge on any atom is -0.494 e. The SMILES string of the molecule is CS/C=C\c1ccc(OCCCCCCS)cc1. The van der Waals surface area contributed by atoms with Gasteiger partial charge in [-0.1, -0.05) is 25.0 Å². The number of hydrogen-bond acceptors (Lipinski definition) is 3. The van der Waals surface area contributed by atoms with Gasteiger partial charge >= 0.3 is 0 Å². The van der Waals surface area contributed by atoms with Gasteiger partial charge in [-0.25, -0.2) is 0 Å². The van der Waals surface area contributed by atoms with E-state index in [-0.39, 0.29) is 0 Å². The fourth-order valence-electron chi connectivity index (χ4n) is 1.58. The van der Waals surface area contributed by atoms with Gasteiger partial charge < -0.3 is 4.74 Å². The molecule has 0 radical (unpaired) electrons. The summed E-state index contributed by atoms with van der Waals surface area (Å²) in [5.41, 5.74) is 1.21. The van der Waals surface area contributed by atoms with Crippen LogP contribution >= 0.6 is 24.4 Å². The van der Waals surface area contributed by atoms with Crippen LogP contribution in [0.2, 0.25) is 0 Å². The Morgan fingerprint density at radius 3 is 2.50 bits per heavy atom.